The first kappa shape index (κ1) is 17.9. The van der Waals surface area contributed by atoms with Crippen molar-refractivity contribution in [3.8, 4) is 11.5 Å². The molecule has 1 fully saturated rings. The smallest absolute Gasteiger partial charge is 0.191 e. The molecule has 0 atom stereocenters. The minimum absolute atomic E-state index is 0. The van der Waals surface area contributed by atoms with Gasteiger partial charge in [0.25, 0.3) is 0 Å². The molecule has 2 N–H and O–H groups in total. The topological polar surface area (TPSA) is 54.9 Å². The molecule has 0 heterocycles. The summed E-state index contributed by atoms with van der Waals surface area (Å²) in [6, 6.07) is 8.18. The molecule has 21 heavy (non-hydrogen) atoms. The van der Waals surface area contributed by atoms with Crippen molar-refractivity contribution in [1.82, 2.24) is 10.6 Å². The van der Waals surface area contributed by atoms with Crippen LogP contribution in [0.5, 0.6) is 11.5 Å². The molecule has 1 aromatic carbocycles. The van der Waals surface area contributed by atoms with E-state index in [-0.39, 0.29) is 24.0 Å². The molecule has 0 aromatic heterocycles. The van der Waals surface area contributed by atoms with Gasteiger partial charge in [-0.3, -0.25) is 0 Å². The van der Waals surface area contributed by atoms with Gasteiger partial charge < -0.3 is 20.1 Å². The van der Waals surface area contributed by atoms with E-state index in [4.69, 9.17) is 9.47 Å². The van der Waals surface area contributed by atoms with E-state index in [0.717, 1.165) is 24.0 Å². The van der Waals surface area contributed by atoms with E-state index in [2.05, 4.69) is 22.5 Å². The van der Waals surface area contributed by atoms with Gasteiger partial charge in [-0.15, -0.1) is 24.0 Å². The maximum absolute atomic E-state index is 5.64. The maximum atomic E-state index is 5.64. The third-order valence-corrected chi connectivity index (χ3v) is 2.95. The van der Waals surface area contributed by atoms with Gasteiger partial charge in [0.2, 0.25) is 0 Å². The van der Waals surface area contributed by atoms with E-state index in [9.17, 15) is 0 Å². The van der Waals surface area contributed by atoms with Crippen LogP contribution in [0.4, 0.5) is 0 Å². The highest BCUT2D eigenvalue weighted by Gasteiger charge is 2.21. The zero-order valence-electron chi connectivity index (χ0n) is 12.6. The Morgan fingerprint density at radius 1 is 1.24 bits per heavy atom. The number of aliphatic imine (C=N–C) groups is 1. The quantitative estimate of drug-likeness (QED) is 0.317. The second-order valence-corrected chi connectivity index (χ2v) is 4.70. The van der Waals surface area contributed by atoms with Crippen LogP contribution in [0.3, 0.4) is 0 Å². The molecule has 2 rings (SSSR count). The molecule has 0 saturated heterocycles. The van der Waals surface area contributed by atoms with Gasteiger partial charge in [-0.25, -0.2) is 4.99 Å². The maximum Gasteiger partial charge on any atom is 0.191 e. The first-order chi connectivity index (χ1) is 9.81. The number of hydrogen-bond donors (Lipinski definition) is 2. The van der Waals surface area contributed by atoms with Crippen LogP contribution in [0.2, 0.25) is 0 Å². The Morgan fingerprint density at radius 2 is 1.90 bits per heavy atom. The van der Waals surface area contributed by atoms with Crippen LogP contribution in [-0.4, -0.2) is 38.8 Å². The number of nitrogens with one attached hydrogen (secondary N) is 2. The summed E-state index contributed by atoms with van der Waals surface area (Å²) in [5.74, 6) is 2.55. The van der Waals surface area contributed by atoms with Crippen molar-refractivity contribution >= 4 is 29.9 Å². The Morgan fingerprint density at radius 3 is 2.48 bits per heavy atom. The summed E-state index contributed by atoms with van der Waals surface area (Å²) >= 11 is 0. The third-order valence-electron chi connectivity index (χ3n) is 2.95. The van der Waals surface area contributed by atoms with Gasteiger partial charge in [0, 0.05) is 12.6 Å². The van der Waals surface area contributed by atoms with Crippen molar-refractivity contribution in [2.24, 2.45) is 4.99 Å². The molecule has 1 aliphatic carbocycles. The summed E-state index contributed by atoms with van der Waals surface area (Å²) in [5, 5.41) is 6.61. The molecule has 5 nitrogen and oxygen atoms in total. The van der Waals surface area contributed by atoms with Gasteiger partial charge in [-0.1, -0.05) is 0 Å². The average Bonchev–Trinajstić information content (AvgIpc) is 3.28. The monoisotopic (exact) mass is 405 g/mol. The Balaban J connectivity index is 0.00000220. The zero-order valence-corrected chi connectivity index (χ0v) is 14.9. The second-order valence-electron chi connectivity index (χ2n) is 4.70. The fourth-order valence-electron chi connectivity index (χ4n) is 1.73. The lowest BCUT2D eigenvalue weighted by atomic mass is 10.3. The summed E-state index contributed by atoms with van der Waals surface area (Å²) < 4.78 is 10.7. The summed E-state index contributed by atoms with van der Waals surface area (Å²) in [5.41, 5.74) is 0. The molecule has 0 unspecified atom stereocenters. The Hall–Kier alpha value is -1.18. The van der Waals surface area contributed by atoms with Crippen molar-refractivity contribution in [1.29, 1.82) is 0 Å². The van der Waals surface area contributed by atoms with Crippen LogP contribution >= 0.6 is 24.0 Å². The summed E-state index contributed by atoms with van der Waals surface area (Å²) in [7, 11) is 1.65. The highest BCUT2D eigenvalue weighted by atomic mass is 127. The molecular formula is C15H24IN3O2. The van der Waals surface area contributed by atoms with Crippen LogP contribution in [-0.2, 0) is 0 Å². The van der Waals surface area contributed by atoms with E-state index in [0.29, 0.717) is 19.2 Å². The Labute approximate surface area is 143 Å². The van der Waals surface area contributed by atoms with E-state index in [1.54, 1.807) is 7.11 Å². The highest BCUT2D eigenvalue weighted by molar-refractivity contribution is 14.0. The molecule has 0 amide bonds. The van der Waals surface area contributed by atoms with Gasteiger partial charge in [0.15, 0.2) is 5.96 Å². The van der Waals surface area contributed by atoms with E-state index in [1.165, 1.54) is 12.8 Å². The molecule has 0 spiro atoms. The Kier molecular flexibility index (Phi) is 8.26. The predicted octanol–water partition coefficient (Wildman–Crippen LogP) is 2.41. The molecular weight excluding hydrogens is 381 g/mol. The lowest BCUT2D eigenvalue weighted by Crippen LogP contribution is -2.38. The van der Waals surface area contributed by atoms with Crippen LogP contribution in [0.15, 0.2) is 29.3 Å². The number of rotatable bonds is 7. The SMILES string of the molecule is CCNC(=NCCOc1ccc(OC)cc1)NC1CC1.I. The molecule has 0 radical (unpaired) electrons. The van der Waals surface area contributed by atoms with Gasteiger partial charge >= 0.3 is 0 Å². The van der Waals surface area contributed by atoms with Crippen molar-refractivity contribution in [3.05, 3.63) is 24.3 Å². The number of hydrogen-bond acceptors (Lipinski definition) is 3. The van der Waals surface area contributed by atoms with Gasteiger partial charge in [-0.05, 0) is 44.0 Å². The average molecular weight is 405 g/mol. The van der Waals surface area contributed by atoms with E-state index < -0.39 is 0 Å². The summed E-state index contributed by atoms with van der Waals surface area (Å²) in [6.07, 6.45) is 2.49. The fraction of sp³-hybridized carbons (Fsp3) is 0.533. The molecule has 118 valence electrons. The number of benzene rings is 1. The van der Waals surface area contributed by atoms with Crippen LogP contribution in [0, 0.1) is 0 Å². The van der Waals surface area contributed by atoms with Gasteiger partial charge in [0.05, 0.1) is 13.7 Å². The minimum atomic E-state index is 0. The fourth-order valence-corrected chi connectivity index (χ4v) is 1.73. The molecule has 0 bridgehead atoms. The lowest BCUT2D eigenvalue weighted by molar-refractivity contribution is 0.327. The lowest BCUT2D eigenvalue weighted by Gasteiger charge is -2.10. The third kappa shape index (κ3) is 6.88. The number of methoxy groups -OCH3 is 1. The van der Waals surface area contributed by atoms with E-state index in [1.807, 2.05) is 24.3 Å². The van der Waals surface area contributed by atoms with Crippen molar-refractivity contribution in [2.75, 3.05) is 26.8 Å². The minimum Gasteiger partial charge on any atom is -0.497 e. The zero-order chi connectivity index (χ0) is 14.2. The van der Waals surface area contributed by atoms with Crippen LogP contribution in [0.1, 0.15) is 19.8 Å². The molecule has 1 aromatic rings. The standard InChI is InChI=1S/C15H23N3O2.HI/c1-3-16-15(18-12-4-5-12)17-10-11-20-14-8-6-13(19-2)7-9-14;/h6-9,12H,3-5,10-11H2,1-2H3,(H2,16,17,18);1H. The summed E-state index contributed by atoms with van der Waals surface area (Å²) in [6.45, 7) is 4.14. The molecule has 1 saturated carbocycles. The van der Waals surface area contributed by atoms with Crippen molar-refractivity contribution < 1.29 is 9.47 Å². The molecule has 6 heteroatoms. The number of halogens is 1. The van der Waals surface area contributed by atoms with Gasteiger partial charge in [-0.2, -0.15) is 0 Å². The van der Waals surface area contributed by atoms with Crippen LogP contribution in [0.25, 0.3) is 0 Å². The summed E-state index contributed by atoms with van der Waals surface area (Å²) in [4.78, 5) is 4.49. The van der Waals surface area contributed by atoms with Crippen molar-refractivity contribution in [3.63, 3.8) is 0 Å². The predicted molar refractivity (Wildman–Crippen MR) is 96.0 cm³/mol. The highest BCUT2D eigenvalue weighted by Crippen LogP contribution is 2.18. The van der Waals surface area contributed by atoms with E-state index >= 15 is 0 Å². The second kappa shape index (κ2) is 9.70. The number of guanidine groups is 1. The largest absolute Gasteiger partial charge is 0.497 e. The van der Waals surface area contributed by atoms with Crippen LogP contribution < -0.4 is 20.1 Å². The number of nitrogens with zero attached hydrogens (tertiary/aromatic N) is 1. The molecule has 0 aliphatic heterocycles. The normalized spacial score (nSPS) is 14.1. The number of ether oxygens (including phenoxy) is 2. The van der Waals surface area contributed by atoms with Crippen molar-refractivity contribution in [2.45, 2.75) is 25.8 Å². The Bertz CT molecular complexity index is 433. The first-order valence-electron chi connectivity index (χ1n) is 7.13. The molecule has 1 aliphatic rings. The van der Waals surface area contributed by atoms with Gasteiger partial charge in [0.1, 0.15) is 18.1 Å². The first-order valence-corrected chi connectivity index (χ1v) is 7.13.